The largest absolute Gasteiger partial charge is 0.481 e. The van der Waals surface area contributed by atoms with Gasteiger partial charge in [-0.3, -0.25) is 9.59 Å². The maximum Gasteiger partial charge on any atom is 0.406 e. The molecule has 1 N–H and O–H groups in total. The third-order valence-corrected chi connectivity index (χ3v) is 5.50. The van der Waals surface area contributed by atoms with E-state index in [4.69, 9.17) is 5.11 Å². The minimum absolute atomic E-state index is 0.276. The predicted octanol–water partition coefficient (Wildman–Crippen LogP) is 3.11. The zero-order valence-corrected chi connectivity index (χ0v) is 13.3. The van der Waals surface area contributed by atoms with E-state index in [2.05, 4.69) is 0 Å². The molecule has 1 saturated heterocycles. The van der Waals surface area contributed by atoms with Gasteiger partial charge in [-0.05, 0) is 37.0 Å². The summed E-state index contributed by atoms with van der Waals surface area (Å²) >= 11 is 0. The van der Waals surface area contributed by atoms with Gasteiger partial charge in [-0.15, -0.1) is 0 Å². The number of benzene rings is 1. The van der Waals surface area contributed by atoms with E-state index in [-0.39, 0.29) is 6.54 Å². The van der Waals surface area contributed by atoms with E-state index in [1.807, 2.05) is 0 Å². The van der Waals surface area contributed by atoms with E-state index in [0.29, 0.717) is 24.8 Å². The number of carboxylic acids is 1. The van der Waals surface area contributed by atoms with Gasteiger partial charge in [0, 0.05) is 13.1 Å². The number of likely N-dealkylation sites (tertiary alicyclic amines) is 1. The molecule has 0 radical (unpaired) electrons. The van der Waals surface area contributed by atoms with Gasteiger partial charge in [0.1, 0.15) is 5.82 Å². The van der Waals surface area contributed by atoms with Crippen LogP contribution in [0, 0.1) is 11.2 Å². The number of alkyl halides is 3. The topological polar surface area (TPSA) is 57.6 Å². The molecule has 1 aliphatic heterocycles. The average Bonchev–Trinajstić information content (AvgIpc) is 2.92. The molecule has 0 spiro atoms. The first kappa shape index (κ1) is 17.7. The van der Waals surface area contributed by atoms with Crippen molar-refractivity contribution in [1.29, 1.82) is 0 Å². The van der Waals surface area contributed by atoms with Crippen molar-refractivity contribution >= 4 is 11.9 Å². The maximum absolute atomic E-state index is 13.5. The normalized spacial score (nSPS) is 25.5. The molecular formula is C17H17F4NO3. The lowest BCUT2D eigenvalue weighted by atomic mass is 9.63. The van der Waals surface area contributed by atoms with Gasteiger partial charge in [0.25, 0.3) is 0 Å². The van der Waals surface area contributed by atoms with Gasteiger partial charge in [-0.1, -0.05) is 18.6 Å². The van der Waals surface area contributed by atoms with Crippen LogP contribution < -0.4 is 0 Å². The third-order valence-electron chi connectivity index (χ3n) is 5.50. The predicted molar refractivity (Wildman–Crippen MR) is 79.2 cm³/mol. The SMILES string of the molecule is O=C(N1CCC(C(=O)O)(C(F)(F)F)C1)C1(c2cccc(F)c2)CCC1. The molecule has 1 unspecified atom stereocenters. The molecular weight excluding hydrogens is 342 g/mol. The highest BCUT2D eigenvalue weighted by Gasteiger charge is 2.65. The summed E-state index contributed by atoms with van der Waals surface area (Å²) in [6.07, 6.45) is -4.08. The molecule has 1 aliphatic carbocycles. The molecule has 1 amide bonds. The van der Waals surface area contributed by atoms with Crippen LogP contribution in [-0.4, -0.2) is 41.1 Å². The second-order valence-electron chi connectivity index (χ2n) is 6.81. The fraction of sp³-hybridized carbons (Fsp3) is 0.529. The first-order chi connectivity index (χ1) is 11.6. The van der Waals surface area contributed by atoms with E-state index in [1.165, 1.54) is 18.2 Å². The second-order valence-corrected chi connectivity index (χ2v) is 6.81. The number of carbonyl (C=O) groups excluding carboxylic acids is 1. The van der Waals surface area contributed by atoms with Crippen LogP contribution in [-0.2, 0) is 15.0 Å². The fourth-order valence-corrected chi connectivity index (χ4v) is 3.76. The van der Waals surface area contributed by atoms with Crippen LogP contribution in [0.2, 0.25) is 0 Å². The molecule has 4 nitrogen and oxygen atoms in total. The quantitative estimate of drug-likeness (QED) is 0.844. The van der Waals surface area contributed by atoms with Crippen LogP contribution in [0.5, 0.6) is 0 Å². The lowest BCUT2D eigenvalue weighted by Gasteiger charge is -2.43. The van der Waals surface area contributed by atoms with Crippen LogP contribution >= 0.6 is 0 Å². The summed E-state index contributed by atoms with van der Waals surface area (Å²) in [6.45, 7) is -1.18. The van der Waals surface area contributed by atoms with E-state index < -0.39 is 47.7 Å². The molecule has 1 heterocycles. The minimum Gasteiger partial charge on any atom is -0.481 e. The monoisotopic (exact) mass is 359 g/mol. The molecule has 1 saturated carbocycles. The summed E-state index contributed by atoms with van der Waals surface area (Å²) in [7, 11) is 0. The molecule has 2 aliphatic rings. The number of hydrogen-bond acceptors (Lipinski definition) is 2. The Morgan fingerprint density at radius 3 is 2.28 bits per heavy atom. The minimum atomic E-state index is -4.94. The average molecular weight is 359 g/mol. The van der Waals surface area contributed by atoms with Crippen LogP contribution in [0.4, 0.5) is 17.6 Å². The fourth-order valence-electron chi connectivity index (χ4n) is 3.76. The molecule has 0 aromatic heterocycles. The first-order valence-corrected chi connectivity index (χ1v) is 7.98. The maximum atomic E-state index is 13.5. The van der Waals surface area contributed by atoms with Crippen molar-refractivity contribution in [1.82, 2.24) is 4.90 Å². The number of aliphatic carboxylic acids is 1. The van der Waals surface area contributed by atoms with Crippen molar-refractivity contribution in [2.75, 3.05) is 13.1 Å². The molecule has 25 heavy (non-hydrogen) atoms. The number of halogens is 4. The molecule has 8 heteroatoms. The molecule has 1 aromatic carbocycles. The van der Waals surface area contributed by atoms with Gasteiger partial charge >= 0.3 is 12.1 Å². The number of rotatable bonds is 3. The second kappa shape index (κ2) is 5.71. The Labute approximate surface area is 141 Å². The van der Waals surface area contributed by atoms with Gasteiger partial charge in [0.15, 0.2) is 5.41 Å². The van der Waals surface area contributed by atoms with Gasteiger partial charge in [-0.25, -0.2) is 4.39 Å². The Morgan fingerprint density at radius 2 is 1.84 bits per heavy atom. The van der Waals surface area contributed by atoms with E-state index >= 15 is 0 Å². The summed E-state index contributed by atoms with van der Waals surface area (Å²) < 4.78 is 53.4. The zero-order chi connectivity index (χ0) is 18.5. The highest BCUT2D eigenvalue weighted by molar-refractivity contribution is 5.90. The number of carboxylic acid groups (broad SMARTS) is 1. The highest BCUT2D eigenvalue weighted by atomic mass is 19.4. The highest BCUT2D eigenvalue weighted by Crippen LogP contribution is 2.50. The Bertz CT molecular complexity index is 714. The first-order valence-electron chi connectivity index (χ1n) is 7.98. The zero-order valence-electron chi connectivity index (χ0n) is 13.3. The van der Waals surface area contributed by atoms with Crippen molar-refractivity contribution in [2.24, 2.45) is 5.41 Å². The summed E-state index contributed by atoms with van der Waals surface area (Å²) in [5, 5.41) is 9.12. The van der Waals surface area contributed by atoms with Crippen LogP contribution in [0.15, 0.2) is 24.3 Å². The van der Waals surface area contributed by atoms with Crippen LogP contribution in [0.3, 0.4) is 0 Å². The molecule has 1 aromatic rings. The summed E-state index contributed by atoms with van der Waals surface area (Å²) in [5.41, 5.74) is -3.55. The van der Waals surface area contributed by atoms with Gasteiger partial charge in [-0.2, -0.15) is 13.2 Å². The lowest BCUT2D eigenvalue weighted by molar-refractivity contribution is -0.227. The lowest BCUT2D eigenvalue weighted by Crippen LogP contribution is -2.53. The van der Waals surface area contributed by atoms with Gasteiger partial charge < -0.3 is 10.0 Å². The van der Waals surface area contributed by atoms with E-state index in [0.717, 1.165) is 4.90 Å². The Hall–Kier alpha value is -2.12. The Kier molecular flexibility index (Phi) is 4.04. The van der Waals surface area contributed by atoms with Crippen molar-refractivity contribution < 1.29 is 32.3 Å². The van der Waals surface area contributed by atoms with Crippen molar-refractivity contribution in [3.05, 3.63) is 35.6 Å². The van der Waals surface area contributed by atoms with Gasteiger partial charge in [0.2, 0.25) is 5.91 Å². The van der Waals surface area contributed by atoms with E-state index in [1.54, 1.807) is 6.07 Å². The smallest absolute Gasteiger partial charge is 0.406 e. The van der Waals surface area contributed by atoms with Crippen LogP contribution in [0.1, 0.15) is 31.2 Å². The summed E-state index contributed by atoms with van der Waals surface area (Å²) in [6, 6.07) is 5.50. The number of nitrogens with zero attached hydrogens (tertiary/aromatic N) is 1. The number of carbonyl (C=O) groups is 2. The third kappa shape index (κ3) is 2.58. The number of hydrogen-bond donors (Lipinski definition) is 1. The van der Waals surface area contributed by atoms with Crippen LogP contribution in [0.25, 0.3) is 0 Å². The molecule has 0 bridgehead atoms. The van der Waals surface area contributed by atoms with E-state index in [9.17, 15) is 27.2 Å². The molecule has 136 valence electrons. The Balaban J connectivity index is 1.90. The standard InChI is InChI=1S/C17H17F4NO3/c18-12-4-1-3-11(9-12)15(5-2-6-15)13(23)22-8-7-16(10-22,14(24)25)17(19,20)21/h1,3-4,9H,2,5-8,10H2,(H,24,25). The van der Waals surface area contributed by atoms with Gasteiger partial charge in [0.05, 0.1) is 5.41 Å². The number of amides is 1. The van der Waals surface area contributed by atoms with Crippen molar-refractivity contribution in [2.45, 2.75) is 37.3 Å². The molecule has 2 fully saturated rings. The summed E-state index contributed by atoms with van der Waals surface area (Å²) in [4.78, 5) is 25.2. The summed E-state index contributed by atoms with van der Waals surface area (Å²) in [5.74, 6) is -3.03. The Morgan fingerprint density at radius 1 is 1.16 bits per heavy atom. The molecule has 1 atom stereocenters. The van der Waals surface area contributed by atoms with Crippen molar-refractivity contribution in [3.63, 3.8) is 0 Å². The molecule has 3 rings (SSSR count). The van der Waals surface area contributed by atoms with Crippen molar-refractivity contribution in [3.8, 4) is 0 Å².